The van der Waals surface area contributed by atoms with Crippen molar-refractivity contribution in [1.29, 1.82) is 0 Å². The van der Waals surface area contributed by atoms with Crippen molar-refractivity contribution in [2.75, 3.05) is 17.9 Å². The van der Waals surface area contributed by atoms with Gasteiger partial charge in [-0.25, -0.2) is 0 Å². The summed E-state index contributed by atoms with van der Waals surface area (Å²) in [6.07, 6.45) is 3.94. The van der Waals surface area contributed by atoms with Crippen LogP contribution in [0.5, 0.6) is 0 Å². The minimum Gasteiger partial charge on any atom is -0.127 e. The molecule has 0 saturated carbocycles. The van der Waals surface area contributed by atoms with Crippen LogP contribution < -0.4 is 0 Å². The molecule has 0 aliphatic heterocycles. The molecule has 0 saturated heterocycles. The fourth-order valence-electron chi connectivity index (χ4n) is 0.450. The van der Waals surface area contributed by atoms with Crippen molar-refractivity contribution in [3.8, 4) is 0 Å². The molecular weight excluding hydrogens is 198 g/mol. The van der Waals surface area contributed by atoms with Crippen molar-refractivity contribution in [3.05, 3.63) is 0 Å². The number of rotatable bonds is 4. The van der Waals surface area contributed by atoms with Crippen LogP contribution in [0.4, 0.5) is 0 Å². The predicted molar refractivity (Wildman–Crippen MR) is 50.0 cm³/mol. The van der Waals surface area contributed by atoms with Gasteiger partial charge in [0, 0.05) is 11.6 Å². The van der Waals surface area contributed by atoms with E-state index in [1.54, 1.807) is 0 Å². The van der Waals surface area contributed by atoms with Crippen LogP contribution in [-0.4, -0.2) is 17.9 Å². The van der Waals surface area contributed by atoms with E-state index >= 15 is 0 Å². The summed E-state index contributed by atoms with van der Waals surface area (Å²) in [6.45, 7) is 0. The van der Waals surface area contributed by atoms with Crippen molar-refractivity contribution < 1.29 is 0 Å². The Morgan fingerprint density at radius 1 is 1.22 bits per heavy atom. The molecule has 0 aliphatic carbocycles. The largest absolute Gasteiger partial charge is 0.127 e. The van der Waals surface area contributed by atoms with E-state index in [9.17, 15) is 0 Å². The van der Waals surface area contributed by atoms with Gasteiger partial charge in [-0.2, -0.15) is 0 Å². The Morgan fingerprint density at radius 3 is 2.11 bits per heavy atom. The van der Waals surface area contributed by atoms with Gasteiger partial charge in [0.2, 0.25) is 0 Å². The Kier molecular flexibility index (Phi) is 5.62. The standard InChI is InChI=1S/C5H11Cl3S/c1-9(7,8)5-3-2-4-6/h2-5H2,1H3. The van der Waals surface area contributed by atoms with E-state index in [0.29, 0.717) is 5.88 Å². The Morgan fingerprint density at radius 2 is 1.78 bits per heavy atom. The molecular formula is C5H11Cl3S. The second-order valence-corrected chi connectivity index (χ2v) is 9.07. The van der Waals surface area contributed by atoms with Crippen LogP contribution in [0.25, 0.3) is 0 Å². The Bertz CT molecular complexity index is 69.1. The van der Waals surface area contributed by atoms with Crippen LogP contribution in [0.3, 0.4) is 0 Å². The number of halogens is 3. The first-order chi connectivity index (χ1) is 4.06. The molecule has 0 aromatic heterocycles. The smallest absolute Gasteiger partial charge is 0.0223 e. The summed E-state index contributed by atoms with van der Waals surface area (Å²) in [4.78, 5) is 0. The third-order valence-electron chi connectivity index (χ3n) is 0.886. The normalized spacial score (nSPS) is 13.8. The number of alkyl halides is 1. The van der Waals surface area contributed by atoms with Crippen molar-refractivity contribution in [1.82, 2.24) is 0 Å². The molecule has 0 spiro atoms. The molecule has 0 N–H and O–H groups in total. The monoisotopic (exact) mass is 208 g/mol. The summed E-state index contributed by atoms with van der Waals surface area (Å²) in [5.74, 6) is 1.62. The van der Waals surface area contributed by atoms with Crippen LogP contribution in [0.15, 0.2) is 0 Å². The van der Waals surface area contributed by atoms with E-state index in [2.05, 4.69) is 0 Å². The summed E-state index contributed by atoms with van der Waals surface area (Å²) in [5.41, 5.74) is 0. The summed E-state index contributed by atoms with van der Waals surface area (Å²) in [6, 6.07) is 0. The predicted octanol–water partition coefficient (Wildman–Crippen LogP) is 3.75. The molecule has 0 rings (SSSR count). The first-order valence-electron chi connectivity index (χ1n) is 2.77. The zero-order chi connectivity index (χ0) is 7.33. The van der Waals surface area contributed by atoms with Crippen LogP contribution in [0.1, 0.15) is 12.8 Å². The lowest BCUT2D eigenvalue weighted by Crippen LogP contribution is -1.88. The average Bonchev–Trinajstić information content (AvgIpc) is 1.63. The third kappa shape index (κ3) is 9.22. The minimum absolute atomic E-state index is 0.712. The van der Waals surface area contributed by atoms with E-state index in [-0.39, 0.29) is 0 Å². The SMILES string of the molecule is CS(Cl)(Cl)CCCCCl. The number of unbranched alkanes of at least 4 members (excludes halogenated alkanes) is 1. The Balaban J connectivity index is 3.07. The summed E-state index contributed by atoms with van der Waals surface area (Å²) in [5, 5.41) is 0. The molecule has 0 bridgehead atoms. The highest BCUT2D eigenvalue weighted by Crippen LogP contribution is 2.55. The zero-order valence-corrected chi connectivity index (χ0v) is 8.45. The third-order valence-corrected chi connectivity index (χ3v) is 3.09. The van der Waals surface area contributed by atoms with Crippen LogP contribution in [0.2, 0.25) is 0 Å². The lowest BCUT2D eigenvalue weighted by molar-refractivity contribution is 0.902. The van der Waals surface area contributed by atoms with Gasteiger partial charge in [-0.1, -0.05) is 29.8 Å². The number of hydrogen-bond acceptors (Lipinski definition) is 0. The summed E-state index contributed by atoms with van der Waals surface area (Å²) >= 11 is 5.45. The molecule has 0 aromatic rings. The maximum Gasteiger partial charge on any atom is 0.0223 e. The van der Waals surface area contributed by atoms with Gasteiger partial charge < -0.3 is 0 Å². The molecule has 4 heteroatoms. The molecule has 0 radical (unpaired) electrons. The zero-order valence-electron chi connectivity index (χ0n) is 5.37. The van der Waals surface area contributed by atoms with Gasteiger partial charge in [0.25, 0.3) is 0 Å². The topological polar surface area (TPSA) is 0 Å². The molecule has 0 amide bonds. The molecule has 0 unspecified atom stereocenters. The summed E-state index contributed by atoms with van der Waals surface area (Å²) in [7, 11) is 10.2. The van der Waals surface area contributed by atoms with Gasteiger partial charge in [0.15, 0.2) is 0 Å². The molecule has 0 fully saturated rings. The van der Waals surface area contributed by atoms with E-state index < -0.39 is 8.46 Å². The van der Waals surface area contributed by atoms with Crippen LogP contribution in [-0.2, 0) is 0 Å². The fourth-order valence-corrected chi connectivity index (χ4v) is 2.00. The lowest BCUT2D eigenvalue weighted by atomic mass is 10.4. The van der Waals surface area contributed by atoms with Crippen LogP contribution >= 0.6 is 41.4 Å². The molecule has 0 aromatic carbocycles. The molecule has 0 heterocycles. The van der Waals surface area contributed by atoms with E-state index in [0.717, 1.165) is 18.6 Å². The average molecular weight is 210 g/mol. The van der Waals surface area contributed by atoms with Gasteiger partial charge >= 0.3 is 0 Å². The second-order valence-electron chi connectivity index (χ2n) is 1.97. The first kappa shape index (κ1) is 10.2. The van der Waals surface area contributed by atoms with Crippen molar-refractivity contribution >= 4 is 41.4 Å². The van der Waals surface area contributed by atoms with Crippen LogP contribution in [0, 0.1) is 0 Å². The molecule has 0 nitrogen and oxygen atoms in total. The van der Waals surface area contributed by atoms with E-state index in [1.165, 1.54) is 0 Å². The summed E-state index contributed by atoms with van der Waals surface area (Å²) < 4.78 is 0. The number of hydrogen-bond donors (Lipinski definition) is 0. The second kappa shape index (κ2) is 4.95. The quantitative estimate of drug-likeness (QED) is 0.489. The first-order valence-corrected chi connectivity index (χ1v) is 7.17. The molecule has 0 atom stereocenters. The maximum atomic E-state index is 5.77. The van der Waals surface area contributed by atoms with Gasteiger partial charge in [-0.05, 0) is 19.1 Å². The van der Waals surface area contributed by atoms with E-state index in [4.69, 9.17) is 33.0 Å². The van der Waals surface area contributed by atoms with Crippen molar-refractivity contribution in [2.24, 2.45) is 0 Å². The minimum atomic E-state index is -1.31. The van der Waals surface area contributed by atoms with Crippen molar-refractivity contribution in [3.63, 3.8) is 0 Å². The Hall–Kier alpha value is 1.22. The van der Waals surface area contributed by atoms with Crippen molar-refractivity contribution in [2.45, 2.75) is 12.8 Å². The van der Waals surface area contributed by atoms with Gasteiger partial charge in [-0.15, -0.1) is 11.6 Å². The van der Waals surface area contributed by atoms with Gasteiger partial charge in [-0.3, -0.25) is 0 Å². The highest BCUT2D eigenvalue weighted by molar-refractivity contribution is 8.65. The van der Waals surface area contributed by atoms with Gasteiger partial charge in [0.1, 0.15) is 0 Å². The van der Waals surface area contributed by atoms with Gasteiger partial charge in [0.05, 0.1) is 0 Å². The fraction of sp³-hybridized carbons (Fsp3) is 1.00. The van der Waals surface area contributed by atoms with E-state index in [1.807, 2.05) is 6.26 Å². The Labute approximate surface area is 72.2 Å². The highest BCUT2D eigenvalue weighted by Gasteiger charge is 2.07. The lowest BCUT2D eigenvalue weighted by Gasteiger charge is -2.17. The molecule has 0 aliphatic rings. The molecule has 9 heavy (non-hydrogen) atoms. The maximum absolute atomic E-state index is 5.77. The highest BCUT2D eigenvalue weighted by atomic mass is 36.0. The molecule has 58 valence electrons.